The highest BCUT2D eigenvalue weighted by Crippen LogP contribution is 2.35. The predicted molar refractivity (Wildman–Crippen MR) is 60.5 cm³/mol. The molecule has 1 aliphatic carbocycles. The van der Waals surface area contributed by atoms with Crippen molar-refractivity contribution in [1.82, 2.24) is 0 Å². The van der Waals surface area contributed by atoms with Crippen LogP contribution in [0.3, 0.4) is 0 Å². The Morgan fingerprint density at radius 2 is 2.15 bits per heavy atom. The molecule has 0 heterocycles. The molecule has 1 aliphatic rings. The molecule has 13 heavy (non-hydrogen) atoms. The van der Waals surface area contributed by atoms with E-state index in [-0.39, 0.29) is 0 Å². The summed E-state index contributed by atoms with van der Waals surface area (Å²) in [5, 5.41) is 3.25. The summed E-state index contributed by atoms with van der Waals surface area (Å²) in [4.78, 5) is 0. The number of aryl methyl sites for hydroxylation is 1. The Morgan fingerprint density at radius 1 is 1.38 bits per heavy atom. The van der Waals surface area contributed by atoms with Gasteiger partial charge in [0.25, 0.3) is 0 Å². The van der Waals surface area contributed by atoms with Gasteiger partial charge in [0.2, 0.25) is 0 Å². The van der Waals surface area contributed by atoms with Crippen molar-refractivity contribution < 1.29 is 0 Å². The average Bonchev–Trinajstić information content (AvgIpc) is 2.53. The van der Waals surface area contributed by atoms with E-state index in [4.69, 9.17) is 0 Å². The predicted octanol–water partition coefficient (Wildman–Crippen LogP) is 3.29. The van der Waals surface area contributed by atoms with E-state index in [0.29, 0.717) is 0 Å². The molecule has 0 fully saturated rings. The van der Waals surface area contributed by atoms with Crippen LogP contribution >= 0.6 is 15.9 Å². The van der Waals surface area contributed by atoms with E-state index < -0.39 is 0 Å². The highest BCUT2D eigenvalue weighted by Gasteiger charge is 2.16. The molecule has 2 heteroatoms. The summed E-state index contributed by atoms with van der Waals surface area (Å²) in [6.45, 7) is 2.21. The van der Waals surface area contributed by atoms with Crippen LogP contribution in [-0.2, 0) is 12.8 Å². The van der Waals surface area contributed by atoms with Gasteiger partial charge >= 0.3 is 0 Å². The number of hydrogen-bond acceptors (Lipinski definition) is 1. The minimum absolute atomic E-state index is 1.20. The number of benzene rings is 1. The molecule has 1 nitrogen and oxygen atoms in total. The van der Waals surface area contributed by atoms with Crippen molar-refractivity contribution in [2.45, 2.75) is 26.2 Å². The van der Waals surface area contributed by atoms with Crippen LogP contribution in [0.25, 0.3) is 0 Å². The first-order valence-electron chi connectivity index (χ1n) is 4.72. The van der Waals surface area contributed by atoms with Crippen molar-refractivity contribution in [3.8, 4) is 0 Å². The second kappa shape index (κ2) is 3.33. The standard InChI is InChI=1S/C11H14BrN/c1-7-9-5-3-4-8(9)6-10(12)11(7)13-2/h6,13H,3-5H2,1-2H3. The van der Waals surface area contributed by atoms with E-state index in [9.17, 15) is 0 Å². The van der Waals surface area contributed by atoms with Crippen molar-refractivity contribution in [3.05, 3.63) is 27.2 Å². The van der Waals surface area contributed by atoms with Crippen LogP contribution in [0.1, 0.15) is 23.1 Å². The third-order valence-electron chi connectivity index (χ3n) is 2.88. The molecular formula is C11H14BrN. The van der Waals surface area contributed by atoms with Crippen LogP contribution in [0.15, 0.2) is 10.5 Å². The van der Waals surface area contributed by atoms with Crippen LogP contribution in [0.2, 0.25) is 0 Å². The summed E-state index contributed by atoms with van der Waals surface area (Å²) < 4.78 is 1.20. The molecule has 0 saturated heterocycles. The molecule has 0 bridgehead atoms. The molecule has 0 aromatic heterocycles. The Hall–Kier alpha value is -0.500. The fraction of sp³-hybridized carbons (Fsp3) is 0.455. The number of hydrogen-bond donors (Lipinski definition) is 1. The van der Waals surface area contributed by atoms with Gasteiger partial charge in [-0.15, -0.1) is 0 Å². The highest BCUT2D eigenvalue weighted by molar-refractivity contribution is 9.10. The molecule has 70 valence electrons. The zero-order chi connectivity index (χ0) is 9.42. The number of halogens is 1. The maximum absolute atomic E-state index is 3.60. The van der Waals surface area contributed by atoms with Crippen LogP contribution in [-0.4, -0.2) is 7.05 Å². The average molecular weight is 240 g/mol. The number of rotatable bonds is 1. The zero-order valence-electron chi connectivity index (χ0n) is 8.08. The summed E-state index contributed by atoms with van der Waals surface area (Å²) in [5.74, 6) is 0. The van der Waals surface area contributed by atoms with Crippen molar-refractivity contribution in [2.24, 2.45) is 0 Å². The lowest BCUT2D eigenvalue weighted by molar-refractivity contribution is 0.909. The van der Waals surface area contributed by atoms with Gasteiger partial charge in [0, 0.05) is 11.5 Å². The third kappa shape index (κ3) is 1.37. The molecule has 1 aromatic carbocycles. The zero-order valence-corrected chi connectivity index (χ0v) is 9.66. The van der Waals surface area contributed by atoms with Crippen LogP contribution in [0.5, 0.6) is 0 Å². The van der Waals surface area contributed by atoms with E-state index in [2.05, 4.69) is 34.2 Å². The molecule has 2 rings (SSSR count). The number of anilines is 1. The van der Waals surface area contributed by atoms with Gasteiger partial charge in [-0.05, 0) is 64.9 Å². The van der Waals surface area contributed by atoms with Crippen LogP contribution in [0, 0.1) is 6.92 Å². The molecular weight excluding hydrogens is 226 g/mol. The summed E-state index contributed by atoms with van der Waals surface area (Å²) in [6.07, 6.45) is 3.82. The van der Waals surface area contributed by atoms with Gasteiger partial charge in [-0.3, -0.25) is 0 Å². The Morgan fingerprint density at radius 3 is 2.85 bits per heavy atom. The van der Waals surface area contributed by atoms with Crippen molar-refractivity contribution >= 4 is 21.6 Å². The number of fused-ring (bicyclic) bond motifs is 1. The largest absolute Gasteiger partial charge is 0.387 e. The fourth-order valence-electron chi connectivity index (χ4n) is 2.22. The third-order valence-corrected chi connectivity index (χ3v) is 3.50. The van der Waals surface area contributed by atoms with Gasteiger partial charge in [-0.1, -0.05) is 0 Å². The second-order valence-corrected chi connectivity index (χ2v) is 4.45. The Kier molecular flexibility index (Phi) is 2.33. The highest BCUT2D eigenvalue weighted by atomic mass is 79.9. The fourth-order valence-corrected chi connectivity index (χ4v) is 2.99. The summed E-state index contributed by atoms with van der Waals surface area (Å²) >= 11 is 3.60. The molecule has 0 unspecified atom stereocenters. The Balaban J connectivity index is 2.62. The van der Waals surface area contributed by atoms with Gasteiger partial charge in [0.15, 0.2) is 0 Å². The summed E-state index contributed by atoms with van der Waals surface area (Å²) in [7, 11) is 1.98. The van der Waals surface area contributed by atoms with Crippen molar-refractivity contribution in [2.75, 3.05) is 12.4 Å². The first-order valence-corrected chi connectivity index (χ1v) is 5.52. The quantitative estimate of drug-likeness (QED) is 0.794. The topological polar surface area (TPSA) is 12.0 Å². The molecule has 1 N–H and O–H groups in total. The maximum Gasteiger partial charge on any atom is 0.0514 e. The van der Waals surface area contributed by atoms with Crippen molar-refractivity contribution in [1.29, 1.82) is 0 Å². The normalized spacial score (nSPS) is 14.4. The molecule has 0 radical (unpaired) electrons. The SMILES string of the molecule is CNc1c(Br)cc2c(c1C)CCC2. The van der Waals surface area contributed by atoms with Gasteiger partial charge in [0.05, 0.1) is 5.69 Å². The number of nitrogens with one attached hydrogen (secondary N) is 1. The summed E-state index contributed by atoms with van der Waals surface area (Å²) in [6, 6.07) is 2.27. The van der Waals surface area contributed by atoms with Gasteiger partial charge in [0.1, 0.15) is 0 Å². The van der Waals surface area contributed by atoms with Gasteiger partial charge in [-0.25, -0.2) is 0 Å². The van der Waals surface area contributed by atoms with Gasteiger partial charge < -0.3 is 5.32 Å². The lowest BCUT2D eigenvalue weighted by Gasteiger charge is -2.12. The molecule has 1 aromatic rings. The van der Waals surface area contributed by atoms with E-state index in [1.165, 1.54) is 40.5 Å². The van der Waals surface area contributed by atoms with Gasteiger partial charge in [-0.2, -0.15) is 0 Å². The Labute approximate surface area is 87.7 Å². The first-order chi connectivity index (χ1) is 6.24. The monoisotopic (exact) mass is 239 g/mol. The van der Waals surface area contributed by atoms with Crippen LogP contribution < -0.4 is 5.32 Å². The molecule has 0 amide bonds. The smallest absolute Gasteiger partial charge is 0.0514 e. The van der Waals surface area contributed by atoms with E-state index in [0.717, 1.165) is 0 Å². The van der Waals surface area contributed by atoms with E-state index in [1.807, 2.05) is 7.05 Å². The summed E-state index contributed by atoms with van der Waals surface area (Å²) in [5.41, 5.74) is 5.76. The van der Waals surface area contributed by atoms with Crippen molar-refractivity contribution in [3.63, 3.8) is 0 Å². The minimum atomic E-state index is 1.20. The molecule has 0 spiro atoms. The molecule has 0 aliphatic heterocycles. The second-order valence-electron chi connectivity index (χ2n) is 3.60. The minimum Gasteiger partial charge on any atom is -0.387 e. The molecule has 0 saturated carbocycles. The van der Waals surface area contributed by atoms with E-state index >= 15 is 0 Å². The first kappa shape index (κ1) is 9.07. The maximum atomic E-state index is 3.60. The van der Waals surface area contributed by atoms with E-state index in [1.54, 1.807) is 5.56 Å². The lowest BCUT2D eigenvalue weighted by Crippen LogP contribution is -1.97. The van der Waals surface area contributed by atoms with Crippen LogP contribution in [0.4, 0.5) is 5.69 Å². The lowest BCUT2D eigenvalue weighted by atomic mass is 10.0. The molecule has 0 atom stereocenters. The Bertz CT molecular complexity index is 341.